The van der Waals surface area contributed by atoms with Crippen LogP contribution in [0, 0.1) is 5.92 Å². The van der Waals surface area contributed by atoms with Gasteiger partial charge in [0.25, 0.3) is 10.0 Å². The molecular weight excluding hydrogens is 360 g/mol. The van der Waals surface area contributed by atoms with E-state index in [1.165, 1.54) is 6.92 Å². The zero-order valence-corrected chi connectivity index (χ0v) is 16.8. The van der Waals surface area contributed by atoms with Gasteiger partial charge in [0, 0.05) is 25.7 Å². The van der Waals surface area contributed by atoms with E-state index in [0.717, 1.165) is 29.5 Å². The Morgan fingerprint density at radius 3 is 2.63 bits per heavy atom. The molecule has 1 amide bonds. The molecule has 0 aliphatic carbocycles. The lowest BCUT2D eigenvalue weighted by Crippen LogP contribution is -2.34. The summed E-state index contributed by atoms with van der Waals surface area (Å²) in [6.45, 7) is 6.94. The second kappa shape index (κ2) is 7.72. The third-order valence-electron chi connectivity index (χ3n) is 4.77. The number of hydrogen-bond acceptors (Lipinski definition) is 3. The van der Waals surface area contributed by atoms with Gasteiger partial charge in [-0.05, 0) is 59.7 Å². The Hall–Kier alpha value is -2.34. The van der Waals surface area contributed by atoms with Crippen LogP contribution < -0.4 is 4.72 Å². The monoisotopic (exact) mass is 386 g/mol. The summed E-state index contributed by atoms with van der Waals surface area (Å²) in [5.74, 6) is 0.510. The summed E-state index contributed by atoms with van der Waals surface area (Å²) in [6, 6.07) is 12.7. The molecule has 5 nitrogen and oxygen atoms in total. The number of rotatable bonds is 5. The predicted octanol–water partition coefficient (Wildman–Crippen LogP) is 3.59. The van der Waals surface area contributed by atoms with Crippen molar-refractivity contribution in [1.29, 1.82) is 0 Å². The number of carbonyl (C=O) groups is 1. The highest BCUT2D eigenvalue weighted by molar-refractivity contribution is 7.92. The minimum absolute atomic E-state index is 0.00834. The Kier molecular flexibility index (Phi) is 5.56. The second-order valence-electron chi connectivity index (χ2n) is 7.52. The maximum absolute atomic E-state index is 12.8. The van der Waals surface area contributed by atoms with E-state index in [1.54, 1.807) is 23.1 Å². The number of amides is 1. The summed E-state index contributed by atoms with van der Waals surface area (Å²) < 4.78 is 28.4. The standard InChI is InChI=1S/C21H26N2O3S/c1-15(2)11-17-5-4-6-20(12-17)22-27(25,26)21-8-7-18-9-10-23(16(3)24)14-19(18)13-21/h4-8,12-13,15,22H,9-11,14H2,1-3H3. The van der Waals surface area contributed by atoms with Crippen LogP contribution in [0.15, 0.2) is 47.4 Å². The van der Waals surface area contributed by atoms with Gasteiger partial charge in [0.05, 0.1) is 4.90 Å². The molecule has 2 aromatic rings. The van der Waals surface area contributed by atoms with E-state index in [9.17, 15) is 13.2 Å². The van der Waals surface area contributed by atoms with Crippen LogP contribution >= 0.6 is 0 Å². The number of hydrogen-bond donors (Lipinski definition) is 1. The molecule has 144 valence electrons. The number of nitrogens with one attached hydrogen (secondary N) is 1. The largest absolute Gasteiger partial charge is 0.338 e. The van der Waals surface area contributed by atoms with Crippen molar-refractivity contribution < 1.29 is 13.2 Å². The molecule has 0 spiro atoms. The van der Waals surface area contributed by atoms with Crippen LogP contribution in [0.5, 0.6) is 0 Å². The van der Waals surface area contributed by atoms with Gasteiger partial charge >= 0.3 is 0 Å². The molecule has 6 heteroatoms. The van der Waals surface area contributed by atoms with Crippen molar-refractivity contribution in [2.45, 2.75) is 45.1 Å². The molecule has 3 rings (SSSR count). The van der Waals surface area contributed by atoms with Crippen LogP contribution in [0.3, 0.4) is 0 Å². The number of nitrogens with zero attached hydrogens (tertiary/aromatic N) is 1. The summed E-state index contributed by atoms with van der Waals surface area (Å²) in [5, 5.41) is 0. The van der Waals surface area contributed by atoms with Gasteiger partial charge in [0.1, 0.15) is 0 Å². The molecule has 2 aromatic carbocycles. The summed E-state index contributed by atoms with van der Waals surface area (Å²) in [7, 11) is -3.68. The van der Waals surface area contributed by atoms with Crippen LogP contribution in [0.4, 0.5) is 5.69 Å². The highest BCUT2D eigenvalue weighted by Gasteiger charge is 2.21. The van der Waals surface area contributed by atoms with Crippen molar-refractivity contribution in [1.82, 2.24) is 4.90 Å². The lowest BCUT2D eigenvalue weighted by atomic mass is 10.00. The average molecular weight is 387 g/mol. The lowest BCUT2D eigenvalue weighted by molar-refractivity contribution is -0.129. The van der Waals surface area contributed by atoms with Crippen LogP contribution in [-0.4, -0.2) is 25.8 Å². The van der Waals surface area contributed by atoms with Gasteiger partial charge in [-0.1, -0.05) is 32.0 Å². The molecule has 27 heavy (non-hydrogen) atoms. The molecule has 0 saturated carbocycles. The van der Waals surface area contributed by atoms with Crippen molar-refractivity contribution in [2.75, 3.05) is 11.3 Å². The molecule has 0 saturated heterocycles. The molecule has 1 heterocycles. The van der Waals surface area contributed by atoms with E-state index >= 15 is 0 Å². The molecular formula is C21H26N2O3S. The quantitative estimate of drug-likeness (QED) is 0.854. The molecule has 0 radical (unpaired) electrons. The van der Waals surface area contributed by atoms with Gasteiger partial charge < -0.3 is 4.90 Å². The third-order valence-corrected chi connectivity index (χ3v) is 6.15. The van der Waals surface area contributed by atoms with Gasteiger partial charge in [-0.3, -0.25) is 9.52 Å². The first-order valence-corrected chi connectivity index (χ1v) is 10.7. The van der Waals surface area contributed by atoms with Crippen molar-refractivity contribution in [2.24, 2.45) is 5.92 Å². The Morgan fingerprint density at radius 1 is 1.15 bits per heavy atom. The van der Waals surface area contributed by atoms with E-state index in [-0.39, 0.29) is 10.8 Å². The number of anilines is 1. The Morgan fingerprint density at radius 2 is 1.93 bits per heavy atom. The van der Waals surface area contributed by atoms with E-state index in [4.69, 9.17) is 0 Å². The van der Waals surface area contributed by atoms with Gasteiger partial charge in [0.15, 0.2) is 0 Å². The van der Waals surface area contributed by atoms with E-state index < -0.39 is 10.0 Å². The van der Waals surface area contributed by atoms with Crippen LogP contribution in [0.25, 0.3) is 0 Å². The predicted molar refractivity (Wildman–Crippen MR) is 107 cm³/mol. The third kappa shape index (κ3) is 4.69. The summed E-state index contributed by atoms with van der Waals surface area (Å²) in [4.78, 5) is 13.6. The zero-order chi connectivity index (χ0) is 19.6. The normalized spacial score (nSPS) is 14.1. The lowest BCUT2D eigenvalue weighted by Gasteiger charge is -2.28. The van der Waals surface area contributed by atoms with Crippen molar-refractivity contribution in [3.8, 4) is 0 Å². The zero-order valence-electron chi connectivity index (χ0n) is 16.0. The average Bonchev–Trinajstić information content (AvgIpc) is 2.60. The summed E-state index contributed by atoms with van der Waals surface area (Å²) in [5.41, 5.74) is 3.67. The first-order valence-electron chi connectivity index (χ1n) is 9.23. The van der Waals surface area contributed by atoms with E-state index in [0.29, 0.717) is 24.7 Å². The number of benzene rings is 2. The fraction of sp³-hybridized carbons (Fsp3) is 0.381. The van der Waals surface area contributed by atoms with Crippen molar-refractivity contribution in [3.05, 3.63) is 59.2 Å². The second-order valence-corrected chi connectivity index (χ2v) is 9.21. The van der Waals surface area contributed by atoms with E-state index in [1.807, 2.05) is 24.3 Å². The molecule has 0 unspecified atom stereocenters. The summed E-state index contributed by atoms with van der Waals surface area (Å²) >= 11 is 0. The smallest absolute Gasteiger partial charge is 0.261 e. The van der Waals surface area contributed by atoms with Gasteiger partial charge in [-0.15, -0.1) is 0 Å². The van der Waals surface area contributed by atoms with Crippen LogP contribution in [0.1, 0.15) is 37.5 Å². The first-order chi connectivity index (χ1) is 12.7. The van der Waals surface area contributed by atoms with Gasteiger partial charge in [0.2, 0.25) is 5.91 Å². The highest BCUT2D eigenvalue weighted by atomic mass is 32.2. The molecule has 1 N–H and O–H groups in total. The summed E-state index contributed by atoms with van der Waals surface area (Å²) in [6.07, 6.45) is 1.65. The maximum atomic E-state index is 12.8. The fourth-order valence-electron chi connectivity index (χ4n) is 3.42. The molecule has 1 aliphatic rings. The number of carbonyl (C=O) groups excluding carboxylic acids is 1. The van der Waals surface area contributed by atoms with Crippen LogP contribution in [0.2, 0.25) is 0 Å². The minimum Gasteiger partial charge on any atom is -0.338 e. The minimum atomic E-state index is -3.68. The van der Waals surface area contributed by atoms with Crippen LogP contribution in [-0.2, 0) is 34.2 Å². The molecule has 0 atom stereocenters. The van der Waals surface area contributed by atoms with Gasteiger partial charge in [-0.25, -0.2) is 8.42 Å². The van der Waals surface area contributed by atoms with Gasteiger partial charge in [-0.2, -0.15) is 0 Å². The maximum Gasteiger partial charge on any atom is 0.261 e. The Bertz CT molecular complexity index is 952. The number of sulfonamides is 1. The topological polar surface area (TPSA) is 66.5 Å². The molecule has 0 bridgehead atoms. The number of fused-ring (bicyclic) bond motifs is 1. The first kappa shape index (κ1) is 19.4. The van der Waals surface area contributed by atoms with E-state index in [2.05, 4.69) is 18.6 Å². The SMILES string of the molecule is CC(=O)N1CCc2ccc(S(=O)(=O)Nc3cccc(CC(C)C)c3)cc2C1. The fourth-order valence-corrected chi connectivity index (χ4v) is 4.52. The Labute approximate surface area is 161 Å². The molecule has 0 aromatic heterocycles. The van der Waals surface area contributed by atoms with Crippen molar-refractivity contribution >= 4 is 21.6 Å². The molecule has 1 aliphatic heterocycles. The highest BCUT2D eigenvalue weighted by Crippen LogP contribution is 2.24. The Balaban J connectivity index is 1.84. The van der Waals surface area contributed by atoms with Crippen molar-refractivity contribution in [3.63, 3.8) is 0 Å². The molecule has 0 fully saturated rings.